The summed E-state index contributed by atoms with van der Waals surface area (Å²) in [7, 11) is 0. The number of hydrogen-bond donors (Lipinski definition) is 0. The second-order valence-electron chi connectivity index (χ2n) is 1.84. The molecule has 0 aromatic heterocycles. The number of hydrogen-bond acceptors (Lipinski definition) is 0. The molecule has 10 heavy (non-hydrogen) atoms. The van der Waals surface area contributed by atoms with Gasteiger partial charge in [-0.05, 0) is 0 Å². The number of benzene rings is 1. The molecule has 0 atom stereocenters. The Bertz CT molecular complexity index is 203. The van der Waals surface area contributed by atoms with Gasteiger partial charge < -0.3 is 0 Å². The van der Waals surface area contributed by atoms with Crippen molar-refractivity contribution in [2.24, 2.45) is 0 Å². The summed E-state index contributed by atoms with van der Waals surface area (Å²) in [6.07, 6.45) is 0. The van der Waals surface area contributed by atoms with Crippen molar-refractivity contribution in [2.45, 2.75) is 0 Å². The van der Waals surface area contributed by atoms with E-state index in [-0.39, 0.29) is 0 Å². The van der Waals surface area contributed by atoms with E-state index in [0.29, 0.717) is 0 Å². The normalized spacial score (nSPS) is 11.3. The molecular weight excluding hydrogens is 465 g/mol. The van der Waals surface area contributed by atoms with E-state index in [1.165, 1.54) is 3.57 Å². The standard InChI is InChI=1S/C7H7I3/c1-10(9)7-4-2-6(8)3-5-7/h2-5H,1H3. The summed E-state index contributed by atoms with van der Waals surface area (Å²) < 4.78 is 2.89. The predicted octanol–water partition coefficient (Wildman–Crippen LogP) is 3.95. The quantitative estimate of drug-likeness (QED) is 0.430. The topological polar surface area (TPSA) is 0 Å². The Morgan fingerprint density at radius 1 is 1.20 bits per heavy atom. The van der Waals surface area contributed by atoms with E-state index in [0.717, 1.165) is 0 Å². The van der Waals surface area contributed by atoms with Crippen LogP contribution in [0.5, 0.6) is 0 Å². The molecule has 0 saturated carbocycles. The first-order valence-corrected chi connectivity index (χ1v) is 13.3. The summed E-state index contributed by atoms with van der Waals surface area (Å²) in [6.45, 7) is 0. The molecule has 0 aliphatic rings. The van der Waals surface area contributed by atoms with Crippen molar-refractivity contribution >= 4 is 57.1 Å². The van der Waals surface area contributed by atoms with Crippen molar-refractivity contribution in [3.05, 3.63) is 31.4 Å². The molecule has 0 fully saturated rings. The molecule has 0 N–H and O–H groups in total. The molecule has 0 aliphatic carbocycles. The van der Waals surface area contributed by atoms with Crippen LogP contribution in [0, 0.1) is 7.14 Å². The summed E-state index contributed by atoms with van der Waals surface area (Å²) in [6, 6.07) is 8.86. The van der Waals surface area contributed by atoms with Crippen LogP contribution in [0.1, 0.15) is 0 Å². The average molecular weight is 472 g/mol. The van der Waals surface area contributed by atoms with E-state index in [9.17, 15) is 0 Å². The summed E-state index contributed by atoms with van der Waals surface area (Å²) in [5, 5.41) is 0. The Morgan fingerprint density at radius 3 is 2.10 bits per heavy atom. The minimum absolute atomic E-state index is 0.737. The predicted molar refractivity (Wildman–Crippen MR) is 71.8 cm³/mol. The third kappa shape index (κ3) is 2.80. The average Bonchev–Trinajstić information content (AvgIpc) is 1.88. The Labute approximate surface area is 91.9 Å². The van der Waals surface area contributed by atoms with Crippen molar-refractivity contribution in [3.8, 4) is 0 Å². The van der Waals surface area contributed by atoms with Gasteiger partial charge in [0, 0.05) is 0 Å². The third-order valence-electron chi connectivity index (χ3n) is 1.10. The zero-order chi connectivity index (χ0) is 7.56. The van der Waals surface area contributed by atoms with Gasteiger partial charge in [-0.2, -0.15) is 0 Å². The van der Waals surface area contributed by atoms with Crippen LogP contribution < -0.4 is 0 Å². The first-order chi connectivity index (χ1) is 4.70. The van der Waals surface area contributed by atoms with E-state index < -0.39 is 15.8 Å². The van der Waals surface area contributed by atoms with E-state index in [4.69, 9.17) is 0 Å². The molecule has 0 bridgehead atoms. The van der Waals surface area contributed by atoms with E-state index >= 15 is 0 Å². The molecule has 1 aromatic rings. The monoisotopic (exact) mass is 472 g/mol. The SMILES string of the molecule is CI(I)c1ccc(I)cc1. The van der Waals surface area contributed by atoms with Crippen LogP contribution in [0.3, 0.4) is 0 Å². The van der Waals surface area contributed by atoms with Crippen LogP contribution in [-0.4, -0.2) is 4.93 Å². The second-order valence-corrected chi connectivity index (χ2v) is 14.8. The number of halogens is 3. The molecular formula is C7H7I3. The molecule has 0 spiro atoms. The molecule has 56 valence electrons. The third-order valence-corrected chi connectivity index (χ3v) is 7.42. The van der Waals surface area contributed by atoms with Gasteiger partial charge in [-0.25, -0.2) is 0 Å². The first-order valence-electron chi connectivity index (χ1n) is 2.72. The Kier molecular flexibility index (Phi) is 4.22. The summed E-state index contributed by atoms with van der Waals surface area (Å²) in [4.78, 5) is 2.35. The van der Waals surface area contributed by atoms with Crippen LogP contribution in [0.15, 0.2) is 24.3 Å². The molecule has 1 rings (SSSR count). The fourth-order valence-electron chi connectivity index (χ4n) is 0.603. The molecule has 0 nitrogen and oxygen atoms in total. The Balaban J connectivity index is 2.89. The summed E-state index contributed by atoms with van der Waals surface area (Å²) in [5.41, 5.74) is 0. The van der Waals surface area contributed by atoms with E-state index in [1.54, 1.807) is 3.57 Å². The fourth-order valence-corrected chi connectivity index (χ4v) is 4.14. The maximum atomic E-state index is 2.57. The van der Waals surface area contributed by atoms with Crippen LogP contribution in [0.2, 0.25) is 0 Å². The number of alkyl halides is 1. The molecule has 3 heteroatoms. The summed E-state index contributed by atoms with van der Waals surface area (Å²) >= 11 is 4.17. The van der Waals surface area contributed by atoms with Crippen LogP contribution in [0.4, 0.5) is 0 Å². The second kappa shape index (κ2) is 4.44. The van der Waals surface area contributed by atoms with Crippen LogP contribution in [0.25, 0.3) is 0 Å². The van der Waals surface area contributed by atoms with Crippen LogP contribution >= 0.6 is 57.1 Å². The van der Waals surface area contributed by atoms with E-state index in [2.05, 4.69) is 70.4 Å². The molecule has 0 radical (unpaired) electrons. The van der Waals surface area contributed by atoms with Crippen molar-refractivity contribution in [2.75, 3.05) is 4.93 Å². The van der Waals surface area contributed by atoms with Crippen molar-refractivity contribution in [1.82, 2.24) is 0 Å². The van der Waals surface area contributed by atoms with Gasteiger partial charge >= 0.3 is 93.4 Å². The van der Waals surface area contributed by atoms with Gasteiger partial charge in [0.25, 0.3) is 0 Å². The van der Waals surface area contributed by atoms with Gasteiger partial charge in [0.05, 0.1) is 0 Å². The van der Waals surface area contributed by atoms with Gasteiger partial charge in [0.15, 0.2) is 0 Å². The summed E-state index contributed by atoms with van der Waals surface area (Å²) in [5.74, 6) is 0. The Hall–Kier alpha value is 1.41. The van der Waals surface area contributed by atoms with Gasteiger partial charge in [-0.1, -0.05) is 0 Å². The van der Waals surface area contributed by atoms with Crippen LogP contribution in [-0.2, 0) is 0 Å². The van der Waals surface area contributed by atoms with Gasteiger partial charge in [-0.3, -0.25) is 0 Å². The number of rotatable bonds is 1. The first kappa shape index (κ1) is 9.50. The molecule has 0 amide bonds. The molecule has 0 saturated heterocycles. The van der Waals surface area contributed by atoms with Crippen molar-refractivity contribution in [3.63, 3.8) is 0 Å². The van der Waals surface area contributed by atoms with Crippen molar-refractivity contribution in [1.29, 1.82) is 0 Å². The molecule has 0 aliphatic heterocycles. The maximum absolute atomic E-state index is 2.57. The molecule has 1 aromatic carbocycles. The van der Waals surface area contributed by atoms with E-state index in [1.807, 2.05) is 0 Å². The van der Waals surface area contributed by atoms with Gasteiger partial charge in [0.1, 0.15) is 0 Å². The Morgan fingerprint density at radius 2 is 1.70 bits per heavy atom. The fraction of sp³-hybridized carbons (Fsp3) is 0.143. The van der Waals surface area contributed by atoms with Gasteiger partial charge in [-0.15, -0.1) is 0 Å². The zero-order valence-corrected chi connectivity index (χ0v) is 11.9. The van der Waals surface area contributed by atoms with Crippen molar-refractivity contribution < 1.29 is 0 Å². The molecule has 0 heterocycles. The van der Waals surface area contributed by atoms with Gasteiger partial charge in [0.2, 0.25) is 0 Å². The zero-order valence-electron chi connectivity index (χ0n) is 5.44. The minimum atomic E-state index is -0.737. The molecule has 0 unspecified atom stereocenters.